The first-order valence-corrected chi connectivity index (χ1v) is 4.85. The summed E-state index contributed by atoms with van der Waals surface area (Å²) < 4.78 is 9.19. The Kier molecular flexibility index (Phi) is 2.25. The first kappa shape index (κ1) is 7.52. The summed E-state index contributed by atoms with van der Waals surface area (Å²) in [6.07, 6.45) is 0. The molecule has 3 heteroatoms. The van der Waals surface area contributed by atoms with E-state index in [2.05, 4.69) is 24.3 Å². The van der Waals surface area contributed by atoms with Crippen molar-refractivity contribution in [3.63, 3.8) is 0 Å². The summed E-state index contributed by atoms with van der Waals surface area (Å²) in [5.41, 5.74) is 2.85. The predicted molar refractivity (Wildman–Crippen MR) is 42.6 cm³/mol. The lowest BCUT2D eigenvalue weighted by molar-refractivity contribution is 0.509. The lowest BCUT2D eigenvalue weighted by atomic mass is 9.95. The third-order valence-corrected chi connectivity index (χ3v) is 1.22. The standard InChI is InChI=1S/C6H4.CH5O2P/c1-2-6-4-3-5(1)6;1-4(2)3/h1-4H;4H,1H3,(H,2,3). The smallest absolute Gasteiger partial charge is 0.186 e. The van der Waals surface area contributed by atoms with Gasteiger partial charge in [-0.05, 0) is 11.1 Å². The van der Waals surface area contributed by atoms with Crippen LogP contribution in [0.1, 0.15) is 0 Å². The van der Waals surface area contributed by atoms with Gasteiger partial charge in [-0.2, -0.15) is 0 Å². The van der Waals surface area contributed by atoms with Crippen molar-refractivity contribution in [3.8, 4) is 11.1 Å². The highest BCUT2D eigenvalue weighted by Gasteiger charge is 2.03. The van der Waals surface area contributed by atoms with Crippen LogP contribution in [0, 0.1) is 0 Å². The zero-order chi connectivity index (χ0) is 7.56. The van der Waals surface area contributed by atoms with E-state index in [1.165, 1.54) is 17.8 Å². The Labute approximate surface area is 60.4 Å². The third kappa shape index (κ3) is 1.69. The van der Waals surface area contributed by atoms with Gasteiger partial charge in [-0.15, -0.1) is 0 Å². The summed E-state index contributed by atoms with van der Waals surface area (Å²) in [7, 11) is -2.13. The van der Waals surface area contributed by atoms with Gasteiger partial charge in [0.05, 0.1) is 0 Å². The highest BCUT2D eigenvalue weighted by molar-refractivity contribution is 7.36. The van der Waals surface area contributed by atoms with Gasteiger partial charge >= 0.3 is 0 Å². The van der Waals surface area contributed by atoms with E-state index < -0.39 is 8.03 Å². The normalized spacial score (nSPS) is 13.0. The molecule has 2 rings (SSSR count). The molecule has 54 valence electrons. The van der Waals surface area contributed by atoms with Gasteiger partial charge in [0.1, 0.15) is 0 Å². The van der Waals surface area contributed by atoms with Crippen molar-refractivity contribution >= 4 is 8.03 Å². The van der Waals surface area contributed by atoms with Gasteiger partial charge in [0, 0.05) is 6.66 Å². The zero-order valence-corrected chi connectivity index (χ0v) is 6.66. The molecule has 2 aliphatic rings. The van der Waals surface area contributed by atoms with E-state index in [1.807, 2.05) is 0 Å². The van der Waals surface area contributed by atoms with Crippen molar-refractivity contribution in [2.45, 2.75) is 0 Å². The maximum Gasteiger partial charge on any atom is 0.186 e. The maximum atomic E-state index is 9.19. The van der Waals surface area contributed by atoms with Crippen LogP contribution in [-0.2, 0) is 4.57 Å². The van der Waals surface area contributed by atoms with Crippen LogP contribution < -0.4 is 0 Å². The summed E-state index contributed by atoms with van der Waals surface area (Å²) in [5, 5.41) is 0. The average Bonchev–Trinajstić information content (AvgIpc) is 1.77. The second-order valence-electron chi connectivity index (χ2n) is 2.10. The lowest BCUT2D eigenvalue weighted by Crippen LogP contribution is -1.85. The van der Waals surface area contributed by atoms with Crippen LogP contribution >= 0.6 is 8.03 Å². The van der Waals surface area contributed by atoms with E-state index in [4.69, 9.17) is 4.89 Å². The highest BCUT2D eigenvalue weighted by Crippen LogP contribution is 2.29. The van der Waals surface area contributed by atoms with E-state index in [1.54, 1.807) is 0 Å². The van der Waals surface area contributed by atoms with Gasteiger partial charge in [-0.1, -0.05) is 24.3 Å². The lowest BCUT2D eigenvalue weighted by Gasteiger charge is -2.10. The van der Waals surface area contributed by atoms with Gasteiger partial charge in [0.2, 0.25) is 0 Å². The molecule has 0 amide bonds. The highest BCUT2D eigenvalue weighted by atomic mass is 31.1. The van der Waals surface area contributed by atoms with Crippen LogP contribution in [0.5, 0.6) is 0 Å². The Morgan fingerprint density at radius 3 is 1.40 bits per heavy atom. The summed E-state index contributed by atoms with van der Waals surface area (Å²) in [5.74, 6) is 0. The molecule has 2 aliphatic carbocycles. The second kappa shape index (κ2) is 3.00. The minimum absolute atomic E-state index is 1.27. The molecule has 0 radical (unpaired) electrons. The van der Waals surface area contributed by atoms with Crippen LogP contribution in [0.3, 0.4) is 0 Å². The first-order chi connectivity index (χ1) is 4.70. The summed E-state index contributed by atoms with van der Waals surface area (Å²) in [6.45, 7) is 1.27. The fraction of sp³-hybridized carbons (Fsp3) is 0.143. The molecule has 1 N–H and O–H groups in total. The molecule has 1 unspecified atom stereocenters. The van der Waals surface area contributed by atoms with E-state index in [-0.39, 0.29) is 0 Å². The molecule has 0 aromatic carbocycles. The maximum absolute atomic E-state index is 9.19. The van der Waals surface area contributed by atoms with Crippen LogP contribution in [0.15, 0.2) is 24.3 Å². The Morgan fingerprint density at radius 1 is 1.20 bits per heavy atom. The number of hydrogen-bond acceptors (Lipinski definition) is 1. The quantitative estimate of drug-likeness (QED) is 0.590. The van der Waals surface area contributed by atoms with Gasteiger partial charge in [-0.3, -0.25) is 4.57 Å². The predicted octanol–water partition coefficient (Wildman–Crippen LogP) is 1.75. The topological polar surface area (TPSA) is 37.3 Å². The SMILES string of the molecule is C[PH](=O)O.c1cc2ccc1-2. The molecule has 0 bridgehead atoms. The van der Waals surface area contributed by atoms with Crippen LogP contribution in [0.25, 0.3) is 11.1 Å². The summed E-state index contributed by atoms with van der Waals surface area (Å²) in [4.78, 5) is 7.60. The first-order valence-electron chi connectivity index (χ1n) is 3.00. The molecule has 0 aromatic heterocycles. The van der Waals surface area contributed by atoms with Crippen molar-refractivity contribution in [3.05, 3.63) is 24.3 Å². The van der Waals surface area contributed by atoms with Gasteiger partial charge < -0.3 is 4.89 Å². The minimum Gasteiger partial charge on any atom is -0.346 e. The average molecular weight is 156 g/mol. The Hall–Kier alpha value is -0.590. The molecule has 0 aliphatic heterocycles. The molecule has 10 heavy (non-hydrogen) atoms. The van der Waals surface area contributed by atoms with E-state index in [0.717, 1.165) is 0 Å². The fourth-order valence-corrected chi connectivity index (χ4v) is 0.663. The molecule has 0 spiro atoms. The van der Waals surface area contributed by atoms with E-state index >= 15 is 0 Å². The molecule has 0 saturated carbocycles. The largest absolute Gasteiger partial charge is 0.346 e. The van der Waals surface area contributed by atoms with E-state index in [9.17, 15) is 4.57 Å². The zero-order valence-electron chi connectivity index (χ0n) is 5.66. The number of fused-ring (bicyclic) bond motifs is 1. The Bertz CT molecular complexity index is 215. The molecular formula is C7H9O2P. The van der Waals surface area contributed by atoms with Gasteiger partial charge in [0.25, 0.3) is 0 Å². The Balaban J connectivity index is 0.000000112. The van der Waals surface area contributed by atoms with Crippen molar-refractivity contribution in [2.75, 3.05) is 6.66 Å². The van der Waals surface area contributed by atoms with Crippen LogP contribution in [-0.4, -0.2) is 11.6 Å². The molecule has 0 aromatic rings. The molecule has 0 heterocycles. The number of benzene rings is 1. The summed E-state index contributed by atoms with van der Waals surface area (Å²) >= 11 is 0. The van der Waals surface area contributed by atoms with Crippen LogP contribution in [0.2, 0.25) is 0 Å². The van der Waals surface area contributed by atoms with Gasteiger partial charge in [-0.25, -0.2) is 0 Å². The third-order valence-electron chi connectivity index (χ3n) is 1.22. The molecule has 1 atom stereocenters. The molecule has 2 nitrogen and oxygen atoms in total. The number of rotatable bonds is 0. The molecular weight excluding hydrogens is 147 g/mol. The fourth-order valence-electron chi connectivity index (χ4n) is 0.663. The minimum atomic E-state index is -2.13. The summed E-state index contributed by atoms with van der Waals surface area (Å²) in [6, 6.07) is 8.48. The van der Waals surface area contributed by atoms with Crippen molar-refractivity contribution in [1.82, 2.24) is 0 Å². The molecule has 0 saturated heterocycles. The number of hydrogen-bond donors (Lipinski definition) is 1. The second-order valence-corrected chi connectivity index (χ2v) is 3.13. The van der Waals surface area contributed by atoms with Crippen LogP contribution in [0.4, 0.5) is 0 Å². The van der Waals surface area contributed by atoms with Crippen molar-refractivity contribution < 1.29 is 9.46 Å². The molecule has 0 fully saturated rings. The Morgan fingerprint density at radius 2 is 1.40 bits per heavy atom. The monoisotopic (exact) mass is 156 g/mol. The van der Waals surface area contributed by atoms with E-state index in [0.29, 0.717) is 0 Å². The van der Waals surface area contributed by atoms with Gasteiger partial charge in [0.15, 0.2) is 8.03 Å². The van der Waals surface area contributed by atoms with Crippen molar-refractivity contribution in [2.24, 2.45) is 0 Å². The van der Waals surface area contributed by atoms with Crippen molar-refractivity contribution in [1.29, 1.82) is 0 Å².